The first-order valence-corrected chi connectivity index (χ1v) is 8.47. The van der Waals surface area contributed by atoms with Crippen molar-refractivity contribution < 1.29 is 4.79 Å². The lowest BCUT2D eigenvalue weighted by atomic mass is 10.2. The van der Waals surface area contributed by atoms with Gasteiger partial charge in [-0.2, -0.15) is 10.2 Å². The molecule has 3 rings (SSSR count). The smallest absolute Gasteiger partial charge is 0.244 e. The maximum Gasteiger partial charge on any atom is 0.244 e. The van der Waals surface area contributed by atoms with Crippen LogP contribution in [0.5, 0.6) is 0 Å². The summed E-state index contributed by atoms with van der Waals surface area (Å²) >= 11 is 0. The van der Waals surface area contributed by atoms with Crippen LogP contribution in [0.1, 0.15) is 23.9 Å². The molecule has 2 heterocycles. The average molecular weight is 350 g/mol. The zero-order valence-corrected chi connectivity index (χ0v) is 15.1. The minimum absolute atomic E-state index is 0.0527. The van der Waals surface area contributed by atoms with Gasteiger partial charge in [0.25, 0.3) is 0 Å². The van der Waals surface area contributed by atoms with E-state index in [4.69, 9.17) is 0 Å². The largest absolute Gasteiger partial charge is 0.348 e. The molecule has 0 aliphatic heterocycles. The first kappa shape index (κ1) is 17.6. The number of aromatic nitrogens is 5. The van der Waals surface area contributed by atoms with Crippen LogP contribution in [0.3, 0.4) is 0 Å². The van der Waals surface area contributed by atoms with Crippen molar-refractivity contribution in [1.82, 2.24) is 29.9 Å². The van der Waals surface area contributed by atoms with E-state index < -0.39 is 0 Å². The van der Waals surface area contributed by atoms with Crippen molar-refractivity contribution in [1.29, 1.82) is 0 Å². The van der Waals surface area contributed by atoms with Crippen molar-refractivity contribution in [3.63, 3.8) is 0 Å². The summed E-state index contributed by atoms with van der Waals surface area (Å²) in [5.74, 6) is -0.149. The van der Waals surface area contributed by atoms with E-state index in [1.54, 1.807) is 17.1 Å². The number of nitrogens with zero attached hydrogens (tertiary/aromatic N) is 5. The molecule has 0 bridgehead atoms. The Kier molecular flexibility index (Phi) is 5.26. The Morgan fingerprint density at radius 3 is 2.73 bits per heavy atom. The third-order valence-electron chi connectivity index (χ3n) is 4.07. The molecule has 1 aromatic carbocycles. The van der Waals surface area contributed by atoms with Gasteiger partial charge in [0.1, 0.15) is 12.7 Å². The average Bonchev–Trinajstić information content (AvgIpc) is 3.22. The molecule has 1 unspecified atom stereocenters. The van der Waals surface area contributed by atoms with Gasteiger partial charge in [0.05, 0.1) is 17.9 Å². The molecule has 7 nitrogen and oxygen atoms in total. The summed E-state index contributed by atoms with van der Waals surface area (Å²) in [5.41, 5.74) is 3.83. The standard InChI is InChI=1S/C19H22N6O/c1-14(11-24-13-20-12-21-24)22-19(26)10-9-18-15(2)23-25(16(18)3)17-7-5-4-6-8-17/h4-10,12-14H,11H2,1-3H3,(H,22,26). The van der Waals surface area contributed by atoms with E-state index in [1.165, 1.54) is 6.33 Å². The van der Waals surface area contributed by atoms with Gasteiger partial charge in [-0.3, -0.25) is 9.48 Å². The van der Waals surface area contributed by atoms with E-state index in [0.29, 0.717) is 6.54 Å². The summed E-state index contributed by atoms with van der Waals surface area (Å²) in [6.45, 7) is 6.44. The van der Waals surface area contributed by atoms with Crippen LogP contribution in [0.2, 0.25) is 0 Å². The zero-order valence-electron chi connectivity index (χ0n) is 15.1. The quantitative estimate of drug-likeness (QED) is 0.692. The van der Waals surface area contributed by atoms with Crippen molar-refractivity contribution in [2.24, 2.45) is 0 Å². The van der Waals surface area contributed by atoms with E-state index in [-0.39, 0.29) is 11.9 Å². The Balaban J connectivity index is 1.68. The van der Waals surface area contributed by atoms with E-state index >= 15 is 0 Å². The first-order valence-electron chi connectivity index (χ1n) is 8.47. The number of carbonyl (C=O) groups excluding carboxylic acids is 1. The molecule has 0 saturated carbocycles. The van der Waals surface area contributed by atoms with Crippen molar-refractivity contribution in [2.45, 2.75) is 33.4 Å². The highest BCUT2D eigenvalue weighted by atomic mass is 16.1. The Bertz CT molecular complexity index is 896. The third kappa shape index (κ3) is 4.05. The maximum absolute atomic E-state index is 12.2. The zero-order chi connectivity index (χ0) is 18.5. The lowest BCUT2D eigenvalue weighted by molar-refractivity contribution is -0.117. The molecule has 0 radical (unpaired) electrons. The van der Waals surface area contributed by atoms with E-state index in [0.717, 1.165) is 22.6 Å². The second kappa shape index (κ2) is 7.77. The van der Waals surface area contributed by atoms with Crippen molar-refractivity contribution in [2.75, 3.05) is 0 Å². The van der Waals surface area contributed by atoms with Crippen molar-refractivity contribution in [3.05, 3.63) is 66.0 Å². The SMILES string of the molecule is Cc1nn(-c2ccccc2)c(C)c1C=CC(=O)NC(C)Cn1cncn1. The fourth-order valence-corrected chi connectivity index (χ4v) is 2.82. The van der Waals surface area contributed by atoms with Gasteiger partial charge in [-0.25, -0.2) is 9.67 Å². The second-order valence-electron chi connectivity index (χ2n) is 6.19. The summed E-state index contributed by atoms with van der Waals surface area (Å²) in [7, 11) is 0. The number of amides is 1. The number of rotatable bonds is 6. The van der Waals surface area contributed by atoms with Gasteiger partial charge < -0.3 is 5.32 Å². The summed E-state index contributed by atoms with van der Waals surface area (Å²) in [4.78, 5) is 16.1. The Hall–Kier alpha value is -3.22. The fraction of sp³-hybridized carbons (Fsp3) is 0.263. The molecule has 0 spiro atoms. The molecular weight excluding hydrogens is 328 g/mol. The predicted molar refractivity (Wildman–Crippen MR) is 99.7 cm³/mol. The van der Waals surface area contributed by atoms with Gasteiger partial charge in [-0.05, 0) is 39.0 Å². The molecule has 0 saturated heterocycles. The van der Waals surface area contributed by atoms with Gasteiger partial charge in [0.15, 0.2) is 0 Å². The van der Waals surface area contributed by atoms with Crippen LogP contribution >= 0.6 is 0 Å². The molecular formula is C19H22N6O. The summed E-state index contributed by atoms with van der Waals surface area (Å²) in [6.07, 6.45) is 6.46. The highest BCUT2D eigenvalue weighted by molar-refractivity contribution is 5.92. The van der Waals surface area contributed by atoms with Crippen molar-refractivity contribution >= 4 is 12.0 Å². The van der Waals surface area contributed by atoms with Gasteiger partial charge >= 0.3 is 0 Å². The maximum atomic E-state index is 12.2. The van der Waals surface area contributed by atoms with Crippen LogP contribution in [-0.2, 0) is 11.3 Å². The molecule has 3 aromatic rings. The van der Waals surface area contributed by atoms with Crippen LogP contribution in [0.4, 0.5) is 0 Å². The molecule has 1 N–H and O–H groups in total. The Morgan fingerprint density at radius 1 is 1.27 bits per heavy atom. The first-order chi connectivity index (χ1) is 12.5. The number of aryl methyl sites for hydroxylation is 1. The van der Waals surface area contributed by atoms with E-state index in [1.807, 2.05) is 61.9 Å². The molecule has 1 atom stereocenters. The minimum atomic E-state index is -0.149. The molecule has 0 fully saturated rings. The molecule has 0 aliphatic carbocycles. The molecule has 26 heavy (non-hydrogen) atoms. The number of hydrogen-bond donors (Lipinski definition) is 1. The number of para-hydroxylation sites is 1. The second-order valence-corrected chi connectivity index (χ2v) is 6.19. The van der Waals surface area contributed by atoms with E-state index in [9.17, 15) is 4.79 Å². The fourth-order valence-electron chi connectivity index (χ4n) is 2.82. The van der Waals surface area contributed by atoms with Gasteiger partial charge in [-0.1, -0.05) is 18.2 Å². The van der Waals surface area contributed by atoms with Crippen LogP contribution in [0.15, 0.2) is 49.1 Å². The van der Waals surface area contributed by atoms with Gasteiger partial charge in [-0.15, -0.1) is 0 Å². The number of carbonyl (C=O) groups is 1. The highest BCUT2D eigenvalue weighted by Gasteiger charge is 2.11. The molecule has 2 aromatic heterocycles. The number of benzene rings is 1. The number of hydrogen-bond acceptors (Lipinski definition) is 4. The Labute approximate surface area is 152 Å². The van der Waals surface area contributed by atoms with Crippen molar-refractivity contribution in [3.8, 4) is 5.69 Å². The minimum Gasteiger partial charge on any atom is -0.348 e. The summed E-state index contributed by atoms with van der Waals surface area (Å²) in [6, 6.07) is 9.89. The molecule has 0 aliphatic rings. The van der Waals surface area contributed by atoms with Crippen LogP contribution < -0.4 is 5.32 Å². The van der Waals surface area contributed by atoms with Crippen LogP contribution in [0.25, 0.3) is 11.8 Å². The van der Waals surface area contributed by atoms with E-state index in [2.05, 4.69) is 20.5 Å². The van der Waals surface area contributed by atoms with Gasteiger partial charge in [0, 0.05) is 23.4 Å². The molecule has 134 valence electrons. The highest BCUT2D eigenvalue weighted by Crippen LogP contribution is 2.19. The molecule has 1 amide bonds. The monoisotopic (exact) mass is 350 g/mol. The summed E-state index contributed by atoms with van der Waals surface area (Å²) < 4.78 is 3.58. The Morgan fingerprint density at radius 2 is 2.04 bits per heavy atom. The topological polar surface area (TPSA) is 77.6 Å². The lowest BCUT2D eigenvalue weighted by Crippen LogP contribution is -2.34. The van der Waals surface area contributed by atoms with Crippen LogP contribution in [0, 0.1) is 13.8 Å². The third-order valence-corrected chi connectivity index (χ3v) is 4.07. The van der Waals surface area contributed by atoms with Crippen LogP contribution in [-0.4, -0.2) is 36.5 Å². The lowest BCUT2D eigenvalue weighted by Gasteiger charge is -2.11. The number of nitrogens with one attached hydrogen (secondary N) is 1. The van der Waals surface area contributed by atoms with Gasteiger partial charge in [0.2, 0.25) is 5.91 Å². The predicted octanol–water partition coefficient (Wildman–Crippen LogP) is 2.30. The molecule has 7 heteroatoms. The summed E-state index contributed by atoms with van der Waals surface area (Å²) in [5, 5.41) is 11.5. The normalized spacial score (nSPS) is 12.4.